The summed E-state index contributed by atoms with van der Waals surface area (Å²) in [5, 5.41) is 2.19. The molecule has 8 heteroatoms. The van der Waals surface area contributed by atoms with Crippen LogP contribution in [-0.4, -0.2) is 54.2 Å². The molecule has 0 bridgehead atoms. The summed E-state index contributed by atoms with van der Waals surface area (Å²) in [5.41, 5.74) is 8.87. The van der Waals surface area contributed by atoms with Gasteiger partial charge in [-0.15, -0.1) is 0 Å². The van der Waals surface area contributed by atoms with Crippen molar-refractivity contribution in [2.24, 2.45) is 0 Å². The molecule has 1 unspecified atom stereocenters. The molecule has 6 aromatic carbocycles. The van der Waals surface area contributed by atoms with E-state index in [0.717, 1.165) is 99.6 Å². The SMILES string of the molecule is CCOc1ccc(C2(c3ccc(N4CCOCC4)cc3)C=Cc3c4c(c5cc(Sc6c(OC)cccc6OC)c(OC)cc5c3O2)-c2ccccc2C42CCCCCCCCCCC2)cc1. The lowest BCUT2D eigenvalue weighted by atomic mass is 9.68. The zero-order valence-electron chi connectivity index (χ0n) is 39.1. The molecule has 10 rings (SSSR count). The Kier molecular flexibility index (Phi) is 13.0. The number of fused-ring (bicyclic) bond motifs is 10. The predicted molar refractivity (Wildman–Crippen MR) is 269 cm³/mol. The molecule has 2 aliphatic heterocycles. The van der Waals surface area contributed by atoms with E-state index in [-0.39, 0.29) is 5.41 Å². The van der Waals surface area contributed by atoms with Gasteiger partial charge < -0.3 is 33.3 Å². The third-order valence-corrected chi connectivity index (χ3v) is 15.7. The summed E-state index contributed by atoms with van der Waals surface area (Å²) in [6.45, 7) is 5.85. The van der Waals surface area contributed by atoms with Crippen LogP contribution in [0.2, 0.25) is 0 Å². The Hall–Kier alpha value is -5.57. The largest absolute Gasteiger partial charge is 0.496 e. The molecule has 6 aromatic rings. The monoisotopic (exact) mass is 901 g/mol. The summed E-state index contributed by atoms with van der Waals surface area (Å²) in [6, 6.07) is 37.3. The molecule has 2 heterocycles. The molecule has 66 heavy (non-hydrogen) atoms. The van der Waals surface area contributed by atoms with Crippen molar-refractivity contribution in [1.29, 1.82) is 0 Å². The highest BCUT2D eigenvalue weighted by Gasteiger charge is 2.48. The smallest absolute Gasteiger partial charge is 0.178 e. The summed E-state index contributed by atoms with van der Waals surface area (Å²) < 4.78 is 37.9. The van der Waals surface area contributed by atoms with Crippen LogP contribution in [-0.2, 0) is 15.8 Å². The standard InChI is InChI=1S/C58H63NO6S/c1-5-64-43-28-24-41(25-29-43)58(40-22-26-42(27-23-40)59-34-36-63-37-35-59)33-30-45-54-53(44-18-13-14-19-48(44)57(54)31-15-11-9-7-6-8-10-12-16-32-57)46-39-52(51(62-4)38-47(46)55(45)65-58)66-56-49(60-2)20-17-21-50(56)61-3/h13-14,17-30,33,38-39H,5-12,15-16,31-32,34-37H2,1-4H3. The first-order valence-corrected chi connectivity index (χ1v) is 25.1. The lowest BCUT2D eigenvalue weighted by molar-refractivity contribution is 0.122. The lowest BCUT2D eigenvalue weighted by Gasteiger charge is -2.40. The number of morpholine rings is 1. The number of rotatable bonds is 10. The van der Waals surface area contributed by atoms with E-state index < -0.39 is 5.60 Å². The van der Waals surface area contributed by atoms with Crippen LogP contribution in [0.1, 0.15) is 105 Å². The summed E-state index contributed by atoms with van der Waals surface area (Å²) in [5.74, 6) is 3.99. The topological polar surface area (TPSA) is 58.6 Å². The zero-order chi connectivity index (χ0) is 45.1. The Morgan fingerprint density at radius 2 is 1.27 bits per heavy atom. The van der Waals surface area contributed by atoms with Crippen LogP contribution in [0.5, 0.6) is 28.7 Å². The lowest BCUT2D eigenvalue weighted by Crippen LogP contribution is -2.37. The molecule has 342 valence electrons. The Morgan fingerprint density at radius 1 is 0.652 bits per heavy atom. The van der Waals surface area contributed by atoms with Gasteiger partial charge in [-0.05, 0) is 102 Å². The van der Waals surface area contributed by atoms with Crippen molar-refractivity contribution in [3.05, 3.63) is 137 Å². The molecule has 1 spiro atoms. The second-order valence-electron chi connectivity index (χ2n) is 18.2. The second kappa shape index (κ2) is 19.3. The van der Waals surface area contributed by atoms with Gasteiger partial charge in [0.25, 0.3) is 0 Å². The maximum absolute atomic E-state index is 7.95. The molecule has 2 aliphatic carbocycles. The van der Waals surface area contributed by atoms with Crippen molar-refractivity contribution in [2.75, 3.05) is 59.1 Å². The summed E-state index contributed by atoms with van der Waals surface area (Å²) in [6.07, 6.45) is 18.5. The van der Waals surface area contributed by atoms with E-state index in [4.69, 9.17) is 28.4 Å². The van der Waals surface area contributed by atoms with Crippen LogP contribution in [0.4, 0.5) is 5.69 Å². The molecular weight excluding hydrogens is 839 g/mol. The van der Waals surface area contributed by atoms with Crippen LogP contribution in [0.3, 0.4) is 0 Å². The molecule has 4 aliphatic rings. The summed E-state index contributed by atoms with van der Waals surface area (Å²) >= 11 is 1.62. The highest BCUT2D eigenvalue weighted by molar-refractivity contribution is 7.99. The summed E-state index contributed by atoms with van der Waals surface area (Å²) in [7, 11) is 5.19. The third-order valence-electron chi connectivity index (χ3n) is 14.6. The van der Waals surface area contributed by atoms with Gasteiger partial charge in [-0.3, -0.25) is 0 Å². The van der Waals surface area contributed by atoms with Gasteiger partial charge in [-0.1, -0.05) is 130 Å². The van der Waals surface area contributed by atoms with Crippen LogP contribution >= 0.6 is 11.8 Å². The van der Waals surface area contributed by atoms with Gasteiger partial charge in [0.05, 0.1) is 50.9 Å². The highest BCUT2D eigenvalue weighted by Crippen LogP contribution is 2.62. The van der Waals surface area contributed by atoms with Crippen molar-refractivity contribution in [3.63, 3.8) is 0 Å². The molecule has 0 radical (unpaired) electrons. The second-order valence-corrected chi connectivity index (χ2v) is 19.3. The molecule has 0 aromatic heterocycles. The Bertz CT molecular complexity index is 2670. The van der Waals surface area contributed by atoms with Crippen molar-refractivity contribution in [2.45, 2.75) is 98.4 Å². The first-order valence-electron chi connectivity index (χ1n) is 24.3. The van der Waals surface area contributed by atoms with Gasteiger partial charge in [-0.25, -0.2) is 0 Å². The molecule has 7 nitrogen and oxygen atoms in total. The van der Waals surface area contributed by atoms with E-state index in [0.29, 0.717) is 6.61 Å². The van der Waals surface area contributed by atoms with Crippen LogP contribution in [0.15, 0.2) is 119 Å². The van der Waals surface area contributed by atoms with E-state index in [1.807, 2.05) is 25.1 Å². The van der Waals surface area contributed by atoms with Crippen molar-refractivity contribution < 1.29 is 28.4 Å². The fourth-order valence-corrected chi connectivity index (χ4v) is 12.5. The fraction of sp³-hybridized carbons (Fsp3) is 0.379. The minimum absolute atomic E-state index is 0.171. The van der Waals surface area contributed by atoms with Gasteiger partial charge in [0.1, 0.15) is 28.7 Å². The summed E-state index contributed by atoms with van der Waals surface area (Å²) in [4.78, 5) is 4.29. The van der Waals surface area contributed by atoms with E-state index in [2.05, 4.69) is 102 Å². The van der Waals surface area contributed by atoms with Crippen LogP contribution in [0.25, 0.3) is 28.0 Å². The maximum atomic E-state index is 7.95. The average molecular weight is 902 g/mol. The third kappa shape index (κ3) is 7.98. The normalized spacial score (nSPS) is 19.2. The molecule has 1 saturated heterocycles. The molecule has 0 N–H and O–H groups in total. The number of anilines is 1. The maximum Gasteiger partial charge on any atom is 0.178 e. The van der Waals surface area contributed by atoms with E-state index >= 15 is 0 Å². The number of benzene rings is 6. The Labute approximate surface area is 395 Å². The van der Waals surface area contributed by atoms with Crippen molar-refractivity contribution >= 4 is 34.3 Å². The van der Waals surface area contributed by atoms with Gasteiger partial charge in [0.2, 0.25) is 0 Å². The first-order chi connectivity index (χ1) is 32.5. The fourth-order valence-electron chi connectivity index (χ4n) is 11.4. The minimum atomic E-state index is -0.945. The van der Waals surface area contributed by atoms with E-state index in [1.165, 1.54) is 91.3 Å². The Morgan fingerprint density at radius 3 is 1.91 bits per heavy atom. The average Bonchev–Trinajstić information content (AvgIpc) is 3.65. The predicted octanol–water partition coefficient (Wildman–Crippen LogP) is 14.2. The number of hydrogen-bond acceptors (Lipinski definition) is 8. The van der Waals surface area contributed by atoms with Crippen LogP contribution < -0.4 is 28.6 Å². The molecule has 1 atom stereocenters. The highest BCUT2D eigenvalue weighted by atomic mass is 32.2. The van der Waals surface area contributed by atoms with Gasteiger partial charge >= 0.3 is 0 Å². The molecule has 2 fully saturated rings. The molecule has 1 saturated carbocycles. The van der Waals surface area contributed by atoms with Crippen molar-refractivity contribution in [1.82, 2.24) is 0 Å². The zero-order valence-corrected chi connectivity index (χ0v) is 39.9. The minimum Gasteiger partial charge on any atom is -0.496 e. The number of methoxy groups -OCH3 is 3. The van der Waals surface area contributed by atoms with Gasteiger partial charge in [-0.2, -0.15) is 0 Å². The van der Waals surface area contributed by atoms with E-state index in [9.17, 15) is 0 Å². The number of ether oxygens (including phenoxy) is 6. The number of hydrogen-bond donors (Lipinski definition) is 0. The Balaban J connectivity index is 1.23. The quantitative estimate of drug-likeness (QED) is 0.135. The molecule has 0 amide bonds. The number of nitrogens with zero attached hydrogens (tertiary/aromatic N) is 1. The molecular formula is C58H63NO6S. The van der Waals surface area contributed by atoms with E-state index in [1.54, 1.807) is 33.1 Å². The van der Waals surface area contributed by atoms with Gasteiger partial charge in [0.15, 0.2) is 5.60 Å². The van der Waals surface area contributed by atoms with Crippen LogP contribution in [0, 0.1) is 0 Å². The van der Waals surface area contributed by atoms with Gasteiger partial charge in [0, 0.05) is 46.3 Å². The van der Waals surface area contributed by atoms with Crippen molar-refractivity contribution in [3.8, 4) is 39.9 Å². The first kappa shape index (κ1) is 44.3.